The van der Waals surface area contributed by atoms with E-state index in [0.717, 1.165) is 0 Å². The van der Waals surface area contributed by atoms with E-state index in [0.29, 0.717) is 0 Å². The maximum atomic E-state index is 2.70. The molecular formula is C54H31B3N4S. The molecule has 7 heterocycles. The van der Waals surface area contributed by atoms with E-state index in [-0.39, 0.29) is 20.1 Å². The molecule has 0 aromatic heterocycles. The number of anilines is 12. The molecule has 0 spiro atoms. The van der Waals surface area contributed by atoms with Crippen molar-refractivity contribution in [2.24, 2.45) is 0 Å². The largest absolute Gasteiger partial charge is 0.312 e. The van der Waals surface area contributed by atoms with E-state index in [1.165, 1.54) is 127 Å². The minimum Gasteiger partial charge on any atom is -0.312 e. The SMILES string of the molecule is c1ccc(N2c3ccccc3Sc3cc4c(cc32)B2c3ccccc3N3c5ccccc5B5c6ccccc6N6c7ccccc7B7c8ccccc8N4c4c7c6c5c3c42)cc1. The molecule has 0 fully saturated rings. The van der Waals surface area contributed by atoms with Gasteiger partial charge in [0.2, 0.25) is 0 Å². The van der Waals surface area contributed by atoms with Gasteiger partial charge in [-0.25, -0.2) is 0 Å². The van der Waals surface area contributed by atoms with Crippen LogP contribution in [0.3, 0.4) is 0 Å². The smallest absolute Gasteiger partial charge is 0.252 e. The molecule has 16 rings (SSSR count). The number of hydrogen-bond donors (Lipinski definition) is 0. The molecule has 282 valence electrons. The molecule has 7 aliphatic rings. The molecule has 7 aliphatic heterocycles. The Labute approximate surface area is 364 Å². The maximum absolute atomic E-state index is 2.70. The molecule has 9 aromatic carbocycles. The van der Waals surface area contributed by atoms with Crippen LogP contribution >= 0.6 is 11.8 Å². The van der Waals surface area contributed by atoms with Crippen molar-refractivity contribution in [3.05, 3.63) is 188 Å². The van der Waals surface area contributed by atoms with Crippen LogP contribution in [0.2, 0.25) is 0 Å². The lowest BCUT2D eigenvalue weighted by Crippen LogP contribution is -2.74. The lowest BCUT2D eigenvalue weighted by Gasteiger charge is -2.55. The predicted molar refractivity (Wildman–Crippen MR) is 263 cm³/mol. The molecule has 0 bridgehead atoms. The zero-order valence-electron chi connectivity index (χ0n) is 33.3. The Morgan fingerprint density at radius 2 is 0.645 bits per heavy atom. The van der Waals surface area contributed by atoms with Gasteiger partial charge in [-0.05, 0) is 116 Å². The number of benzene rings is 9. The Balaban J connectivity index is 1.10. The Hall–Kier alpha value is -7.28. The highest BCUT2D eigenvalue weighted by Gasteiger charge is 2.57. The normalized spacial score (nSPS) is 15.1. The lowest BCUT2D eigenvalue weighted by molar-refractivity contribution is 1.16. The van der Waals surface area contributed by atoms with Crippen molar-refractivity contribution in [3.8, 4) is 0 Å². The summed E-state index contributed by atoms with van der Waals surface area (Å²) in [6.07, 6.45) is 0. The van der Waals surface area contributed by atoms with Crippen LogP contribution in [0, 0.1) is 0 Å². The standard InChI is InChI=1S/C54H31B3N4S/c1-2-16-32(17-3-1)58-44-28-14-15-29-47(44)62-48-31-45-38(30-46(48)58)57-37-22-8-12-26-42(37)60-41-25-11-5-19-34(41)55-33-18-4-9-23-39(33)59-40-24-10-6-20-35(40)56-36-21-7-13-27-43(36)61(45)54-50(56)52(59)49(55)53(60)51(54)57/h1-31H. The third-order valence-electron chi connectivity index (χ3n) is 14.8. The molecule has 0 amide bonds. The van der Waals surface area contributed by atoms with Crippen LogP contribution < -0.4 is 68.8 Å². The van der Waals surface area contributed by atoms with Crippen LogP contribution in [0.4, 0.5) is 68.2 Å². The second-order valence-electron chi connectivity index (χ2n) is 17.5. The van der Waals surface area contributed by atoms with Crippen LogP contribution in [-0.4, -0.2) is 20.1 Å². The summed E-state index contributed by atoms with van der Waals surface area (Å²) in [6, 6.07) is 71.3. The molecule has 0 aliphatic carbocycles. The molecule has 0 saturated carbocycles. The van der Waals surface area contributed by atoms with Crippen LogP contribution in [0.5, 0.6) is 0 Å². The zero-order chi connectivity index (χ0) is 39.9. The molecule has 0 atom stereocenters. The summed E-state index contributed by atoms with van der Waals surface area (Å²) in [5.41, 5.74) is 27.8. The van der Waals surface area contributed by atoms with Crippen molar-refractivity contribution in [1.82, 2.24) is 0 Å². The van der Waals surface area contributed by atoms with Crippen molar-refractivity contribution in [1.29, 1.82) is 0 Å². The van der Waals surface area contributed by atoms with Crippen LogP contribution in [0.15, 0.2) is 198 Å². The van der Waals surface area contributed by atoms with Gasteiger partial charge in [0.25, 0.3) is 20.1 Å². The Morgan fingerprint density at radius 1 is 0.274 bits per heavy atom. The number of nitrogens with zero attached hydrogens (tertiary/aromatic N) is 4. The average molecular weight is 800 g/mol. The Morgan fingerprint density at radius 3 is 1.11 bits per heavy atom. The van der Waals surface area contributed by atoms with E-state index < -0.39 is 0 Å². The fourth-order valence-corrected chi connectivity index (χ4v) is 13.7. The van der Waals surface area contributed by atoms with E-state index in [1.54, 1.807) is 0 Å². The van der Waals surface area contributed by atoms with Gasteiger partial charge in [0, 0.05) is 66.7 Å². The van der Waals surface area contributed by atoms with E-state index >= 15 is 0 Å². The summed E-state index contributed by atoms with van der Waals surface area (Å²) in [4.78, 5) is 13.0. The summed E-state index contributed by atoms with van der Waals surface area (Å²) in [6.45, 7) is 0.157. The number of para-hydroxylation sites is 7. The maximum Gasteiger partial charge on any atom is 0.252 e. The Kier molecular flexibility index (Phi) is 5.95. The molecule has 4 nitrogen and oxygen atoms in total. The van der Waals surface area contributed by atoms with Gasteiger partial charge in [-0.1, -0.05) is 133 Å². The average Bonchev–Trinajstić information content (AvgIpc) is 3.34. The van der Waals surface area contributed by atoms with E-state index in [2.05, 4.69) is 208 Å². The van der Waals surface area contributed by atoms with Crippen molar-refractivity contribution in [3.63, 3.8) is 0 Å². The van der Waals surface area contributed by atoms with Crippen molar-refractivity contribution >= 4 is 149 Å². The summed E-state index contributed by atoms with van der Waals surface area (Å²) in [5, 5.41) is 0. The molecule has 0 N–H and O–H groups in total. The van der Waals surface area contributed by atoms with Gasteiger partial charge >= 0.3 is 0 Å². The molecule has 0 unspecified atom stereocenters. The summed E-state index contributed by atoms with van der Waals surface area (Å²) in [5.74, 6) is 0. The molecule has 8 heteroatoms. The number of fused-ring (bicyclic) bond motifs is 20. The molecule has 62 heavy (non-hydrogen) atoms. The van der Waals surface area contributed by atoms with Crippen LogP contribution in [0.1, 0.15) is 0 Å². The van der Waals surface area contributed by atoms with Gasteiger partial charge in [-0.3, -0.25) is 0 Å². The first-order valence-corrected chi connectivity index (χ1v) is 22.5. The minimum absolute atomic E-state index is 0.00459. The van der Waals surface area contributed by atoms with Crippen molar-refractivity contribution in [2.45, 2.75) is 9.79 Å². The molecule has 0 saturated heterocycles. The fourth-order valence-electron chi connectivity index (χ4n) is 12.6. The van der Waals surface area contributed by atoms with Gasteiger partial charge in [0.05, 0.1) is 11.4 Å². The first kappa shape index (κ1) is 32.5. The summed E-state index contributed by atoms with van der Waals surface area (Å²) < 4.78 is 0. The lowest BCUT2D eigenvalue weighted by atomic mass is 9.24. The van der Waals surface area contributed by atoms with Crippen molar-refractivity contribution < 1.29 is 0 Å². The predicted octanol–water partition coefficient (Wildman–Crippen LogP) is 7.46. The van der Waals surface area contributed by atoms with E-state index in [4.69, 9.17) is 0 Å². The first-order valence-electron chi connectivity index (χ1n) is 21.7. The molecule has 9 aromatic rings. The second kappa shape index (κ2) is 11.3. The van der Waals surface area contributed by atoms with Crippen LogP contribution in [-0.2, 0) is 0 Å². The summed E-state index contributed by atoms with van der Waals surface area (Å²) in [7, 11) is 0. The van der Waals surface area contributed by atoms with E-state index in [9.17, 15) is 0 Å². The topological polar surface area (TPSA) is 13.0 Å². The second-order valence-corrected chi connectivity index (χ2v) is 18.6. The third kappa shape index (κ3) is 3.72. The quantitative estimate of drug-likeness (QED) is 0.160. The monoisotopic (exact) mass is 800 g/mol. The van der Waals surface area contributed by atoms with Crippen molar-refractivity contribution in [2.75, 3.05) is 19.6 Å². The van der Waals surface area contributed by atoms with Gasteiger partial charge in [0.15, 0.2) is 0 Å². The number of hydrogen-bond acceptors (Lipinski definition) is 5. The highest BCUT2D eigenvalue weighted by molar-refractivity contribution is 7.99. The highest BCUT2D eigenvalue weighted by atomic mass is 32.2. The minimum atomic E-state index is 0.00459. The zero-order valence-corrected chi connectivity index (χ0v) is 34.1. The highest BCUT2D eigenvalue weighted by Crippen LogP contribution is 2.55. The number of rotatable bonds is 1. The fraction of sp³-hybridized carbons (Fsp3) is 0. The first-order chi connectivity index (χ1) is 30.8. The van der Waals surface area contributed by atoms with Gasteiger partial charge < -0.3 is 19.6 Å². The Bertz CT molecular complexity index is 3520. The van der Waals surface area contributed by atoms with Gasteiger partial charge in [0.1, 0.15) is 0 Å². The molecule has 0 radical (unpaired) electrons. The van der Waals surface area contributed by atoms with Gasteiger partial charge in [-0.2, -0.15) is 0 Å². The third-order valence-corrected chi connectivity index (χ3v) is 15.9. The summed E-state index contributed by atoms with van der Waals surface area (Å²) >= 11 is 1.90. The molecular weight excluding hydrogens is 769 g/mol. The van der Waals surface area contributed by atoms with Gasteiger partial charge in [-0.15, -0.1) is 0 Å². The van der Waals surface area contributed by atoms with Crippen LogP contribution in [0.25, 0.3) is 0 Å². The van der Waals surface area contributed by atoms with E-state index in [1.807, 2.05) is 11.8 Å².